The molecule has 2 aromatic heterocycles. The zero-order valence-electron chi connectivity index (χ0n) is 15.8. The molecule has 0 radical (unpaired) electrons. The number of rotatable bonds is 9. The van der Waals surface area contributed by atoms with E-state index in [4.69, 9.17) is 17.0 Å². The molecule has 3 rings (SSSR count). The molecule has 0 fully saturated rings. The number of hydrogen-bond donors (Lipinski definition) is 2. The van der Waals surface area contributed by atoms with Gasteiger partial charge >= 0.3 is 0 Å². The summed E-state index contributed by atoms with van der Waals surface area (Å²) in [5, 5.41) is 19.4. The molecule has 1 aromatic carbocycles. The van der Waals surface area contributed by atoms with E-state index in [1.807, 2.05) is 35.8 Å². The first kappa shape index (κ1) is 20.2. The van der Waals surface area contributed by atoms with E-state index < -0.39 is 0 Å². The van der Waals surface area contributed by atoms with Gasteiger partial charge in [-0.25, -0.2) is 0 Å². The molecular formula is C18H22N6O2S2. The number of carbonyl (C=O) groups excluding carboxylic acids is 1. The van der Waals surface area contributed by atoms with Gasteiger partial charge in [-0.2, -0.15) is 5.10 Å². The van der Waals surface area contributed by atoms with Crippen molar-refractivity contribution in [2.45, 2.75) is 39.7 Å². The van der Waals surface area contributed by atoms with Crippen molar-refractivity contribution in [3.05, 3.63) is 34.0 Å². The fourth-order valence-electron chi connectivity index (χ4n) is 2.63. The predicted octanol–water partition coefficient (Wildman–Crippen LogP) is 3.84. The van der Waals surface area contributed by atoms with Crippen LogP contribution in [0.15, 0.2) is 24.3 Å². The Kier molecular flexibility index (Phi) is 6.88. The number of ether oxygens (including phenoxy) is 1. The molecule has 0 saturated carbocycles. The summed E-state index contributed by atoms with van der Waals surface area (Å²) in [6.07, 6.45) is 2.11. The van der Waals surface area contributed by atoms with Crippen LogP contribution < -0.4 is 10.1 Å². The van der Waals surface area contributed by atoms with Crippen molar-refractivity contribution in [2.24, 2.45) is 0 Å². The zero-order chi connectivity index (χ0) is 19.9. The molecule has 28 heavy (non-hydrogen) atoms. The van der Waals surface area contributed by atoms with Crippen LogP contribution in [-0.4, -0.2) is 37.5 Å². The van der Waals surface area contributed by atoms with Crippen LogP contribution in [0, 0.1) is 4.77 Å². The fourth-order valence-corrected chi connectivity index (χ4v) is 3.71. The van der Waals surface area contributed by atoms with Gasteiger partial charge < -0.3 is 10.1 Å². The van der Waals surface area contributed by atoms with Crippen LogP contribution in [0.4, 0.5) is 5.13 Å². The first-order valence-electron chi connectivity index (χ1n) is 9.11. The largest absolute Gasteiger partial charge is 0.494 e. The van der Waals surface area contributed by atoms with Crippen LogP contribution in [0.2, 0.25) is 0 Å². The fraction of sp³-hybridized carbons (Fsp3) is 0.389. The van der Waals surface area contributed by atoms with Crippen LogP contribution in [0.25, 0.3) is 11.4 Å². The second-order valence-electron chi connectivity index (χ2n) is 6.01. The second kappa shape index (κ2) is 9.56. The first-order valence-corrected chi connectivity index (χ1v) is 10.3. The molecule has 1 amide bonds. The minimum Gasteiger partial charge on any atom is -0.494 e. The second-order valence-corrected chi connectivity index (χ2v) is 7.46. The van der Waals surface area contributed by atoms with Gasteiger partial charge in [-0.3, -0.25) is 14.5 Å². The van der Waals surface area contributed by atoms with E-state index in [2.05, 4.69) is 32.6 Å². The third-order valence-corrected chi connectivity index (χ3v) is 5.13. The molecule has 0 atom stereocenters. The Morgan fingerprint density at radius 2 is 2.07 bits per heavy atom. The normalized spacial score (nSPS) is 10.8. The number of aryl methyl sites for hydroxylation is 1. The van der Waals surface area contributed by atoms with E-state index in [1.54, 1.807) is 0 Å². The van der Waals surface area contributed by atoms with Crippen LogP contribution in [0.5, 0.6) is 5.75 Å². The number of amides is 1. The number of aromatic amines is 1. The van der Waals surface area contributed by atoms with Crippen LogP contribution >= 0.6 is 23.6 Å². The molecule has 2 heterocycles. The molecule has 148 valence electrons. The topological polar surface area (TPSA) is 97.7 Å². The van der Waals surface area contributed by atoms with E-state index in [1.165, 1.54) is 11.3 Å². The SMILES string of the molecule is CCCc1nnc(NC(=O)CCn2c(-c3ccc(OCC)cc3)n[nH]c2=S)s1. The number of nitrogens with one attached hydrogen (secondary N) is 2. The van der Waals surface area contributed by atoms with Crippen molar-refractivity contribution in [3.63, 3.8) is 0 Å². The lowest BCUT2D eigenvalue weighted by Gasteiger charge is -2.08. The molecule has 0 aliphatic rings. The molecule has 0 saturated heterocycles. The minimum absolute atomic E-state index is 0.139. The Labute approximate surface area is 172 Å². The average Bonchev–Trinajstić information content (AvgIpc) is 3.27. The van der Waals surface area contributed by atoms with Crippen molar-refractivity contribution < 1.29 is 9.53 Å². The average molecular weight is 419 g/mol. The van der Waals surface area contributed by atoms with Crippen molar-refractivity contribution in [1.29, 1.82) is 0 Å². The molecule has 10 heteroatoms. The number of carbonyl (C=O) groups is 1. The van der Waals surface area contributed by atoms with Crippen molar-refractivity contribution in [3.8, 4) is 17.1 Å². The van der Waals surface area contributed by atoms with Crippen molar-refractivity contribution in [2.75, 3.05) is 11.9 Å². The molecule has 0 bridgehead atoms. The lowest BCUT2D eigenvalue weighted by molar-refractivity contribution is -0.116. The smallest absolute Gasteiger partial charge is 0.227 e. The Hall–Kier alpha value is -2.59. The maximum Gasteiger partial charge on any atom is 0.227 e. The van der Waals surface area contributed by atoms with Gasteiger partial charge in [0.15, 0.2) is 10.6 Å². The monoisotopic (exact) mass is 418 g/mol. The number of nitrogens with zero attached hydrogens (tertiary/aromatic N) is 4. The van der Waals surface area contributed by atoms with E-state index in [-0.39, 0.29) is 12.3 Å². The van der Waals surface area contributed by atoms with E-state index in [0.717, 1.165) is 29.2 Å². The Morgan fingerprint density at radius 3 is 2.79 bits per heavy atom. The maximum absolute atomic E-state index is 12.3. The molecule has 0 aliphatic carbocycles. The summed E-state index contributed by atoms with van der Waals surface area (Å²) in [5.41, 5.74) is 0.893. The van der Waals surface area contributed by atoms with Gasteiger partial charge in [0.2, 0.25) is 11.0 Å². The highest BCUT2D eigenvalue weighted by molar-refractivity contribution is 7.71. The summed E-state index contributed by atoms with van der Waals surface area (Å²) >= 11 is 6.73. The van der Waals surface area contributed by atoms with Gasteiger partial charge in [0.05, 0.1) is 6.61 Å². The Balaban J connectivity index is 1.65. The number of anilines is 1. The van der Waals surface area contributed by atoms with Gasteiger partial charge in [0, 0.05) is 24.9 Å². The minimum atomic E-state index is -0.139. The highest BCUT2D eigenvalue weighted by Crippen LogP contribution is 2.22. The highest BCUT2D eigenvalue weighted by atomic mass is 32.1. The van der Waals surface area contributed by atoms with Crippen LogP contribution in [-0.2, 0) is 17.8 Å². The summed E-state index contributed by atoms with van der Waals surface area (Å²) in [5.74, 6) is 1.34. The summed E-state index contributed by atoms with van der Waals surface area (Å²) in [6, 6.07) is 7.61. The van der Waals surface area contributed by atoms with Crippen molar-refractivity contribution in [1.82, 2.24) is 25.0 Å². The third-order valence-electron chi connectivity index (χ3n) is 3.92. The van der Waals surface area contributed by atoms with Gasteiger partial charge in [-0.15, -0.1) is 10.2 Å². The standard InChI is InChI=1S/C18H22N6O2S2/c1-3-5-15-20-22-17(28-15)19-14(25)10-11-24-16(21-23-18(24)27)12-6-8-13(9-7-12)26-4-2/h6-9H,3-5,10-11H2,1-2H3,(H,23,27)(H,19,22,25). The molecular weight excluding hydrogens is 396 g/mol. The number of H-pyrrole nitrogens is 1. The van der Waals surface area contributed by atoms with E-state index in [9.17, 15) is 4.79 Å². The number of hydrogen-bond acceptors (Lipinski definition) is 7. The van der Waals surface area contributed by atoms with Gasteiger partial charge in [0.25, 0.3) is 0 Å². The summed E-state index contributed by atoms with van der Waals surface area (Å²) < 4.78 is 7.75. The number of aromatic nitrogens is 5. The van der Waals surface area contributed by atoms with E-state index in [0.29, 0.717) is 28.9 Å². The molecule has 8 nitrogen and oxygen atoms in total. The van der Waals surface area contributed by atoms with Gasteiger partial charge in [-0.1, -0.05) is 18.3 Å². The molecule has 2 N–H and O–H groups in total. The zero-order valence-corrected chi connectivity index (χ0v) is 17.4. The lowest BCUT2D eigenvalue weighted by atomic mass is 10.2. The molecule has 3 aromatic rings. The molecule has 0 unspecified atom stereocenters. The summed E-state index contributed by atoms with van der Waals surface area (Å²) in [6.45, 7) is 5.04. The summed E-state index contributed by atoms with van der Waals surface area (Å²) in [4.78, 5) is 12.3. The van der Waals surface area contributed by atoms with Crippen LogP contribution in [0.1, 0.15) is 31.7 Å². The summed E-state index contributed by atoms with van der Waals surface area (Å²) in [7, 11) is 0. The first-order chi connectivity index (χ1) is 13.6. The molecule has 0 aliphatic heterocycles. The third kappa shape index (κ3) is 5.02. The maximum atomic E-state index is 12.3. The lowest BCUT2D eigenvalue weighted by Crippen LogP contribution is -2.15. The van der Waals surface area contributed by atoms with E-state index >= 15 is 0 Å². The van der Waals surface area contributed by atoms with Gasteiger partial charge in [-0.05, 0) is 49.8 Å². The Bertz CT molecular complexity index is 977. The molecule has 0 spiro atoms. The number of benzene rings is 1. The van der Waals surface area contributed by atoms with Crippen LogP contribution in [0.3, 0.4) is 0 Å². The highest BCUT2D eigenvalue weighted by Gasteiger charge is 2.12. The van der Waals surface area contributed by atoms with Gasteiger partial charge in [0.1, 0.15) is 10.8 Å². The Morgan fingerprint density at radius 1 is 1.29 bits per heavy atom. The van der Waals surface area contributed by atoms with Crippen molar-refractivity contribution >= 4 is 34.6 Å². The quantitative estimate of drug-likeness (QED) is 0.513. The predicted molar refractivity (Wildman–Crippen MR) is 111 cm³/mol.